The summed E-state index contributed by atoms with van der Waals surface area (Å²) < 4.78 is 5.45. The molecule has 2 unspecified atom stereocenters. The molecule has 1 N–H and O–H groups in total. The van der Waals surface area contributed by atoms with Gasteiger partial charge in [0.05, 0.1) is 7.11 Å². The Morgan fingerprint density at radius 1 is 1.28 bits per heavy atom. The maximum atomic E-state index is 5.45. The first-order chi connectivity index (χ1) is 8.45. The highest BCUT2D eigenvalue weighted by molar-refractivity contribution is 5.39. The zero-order valence-corrected chi connectivity index (χ0v) is 12.4. The van der Waals surface area contributed by atoms with Crippen LogP contribution in [0.1, 0.15) is 31.0 Å². The average Bonchev–Trinajstić information content (AvgIpc) is 2.34. The van der Waals surface area contributed by atoms with Crippen molar-refractivity contribution in [2.75, 3.05) is 27.7 Å². The topological polar surface area (TPSA) is 24.5 Å². The zero-order chi connectivity index (χ0) is 13.7. The number of likely N-dealkylation sites (N-methyl/N-ethyl adjacent to an activating group) is 1. The van der Waals surface area contributed by atoms with Crippen molar-refractivity contribution >= 4 is 0 Å². The maximum absolute atomic E-state index is 5.45. The van der Waals surface area contributed by atoms with Gasteiger partial charge in [0, 0.05) is 24.2 Å². The summed E-state index contributed by atoms with van der Waals surface area (Å²) in [6.45, 7) is 7.44. The van der Waals surface area contributed by atoms with Crippen molar-refractivity contribution in [2.45, 2.75) is 32.9 Å². The van der Waals surface area contributed by atoms with Crippen molar-refractivity contribution in [1.82, 2.24) is 10.2 Å². The van der Waals surface area contributed by atoms with E-state index in [2.05, 4.69) is 63.3 Å². The van der Waals surface area contributed by atoms with E-state index in [1.165, 1.54) is 11.1 Å². The lowest BCUT2D eigenvalue weighted by Crippen LogP contribution is -2.36. The molecule has 18 heavy (non-hydrogen) atoms. The second kappa shape index (κ2) is 6.76. The first-order valence-electron chi connectivity index (χ1n) is 6.50. The van der Waals surface area contributed by atoms with Crippen LogP contribution in [0, 0.1) is 6.92 Å². The standard InChI is InChI=1S/C15H26N2O/c1-11-7-8-14(15(9-11)18-6)13(3)16-10-12(2)17(4)5/h7-9,12-13,16H,10H2,1-6H3. The van der Waals surface area contributed by atoms with Crippen LogP contribution < -0.4 is 10.1 Å². The Morgan fingerprint density at radius 3 is 2.50 bits per heavy atom. The molecule has 0 aliphatic carbocycles. The molecule has 1 aromatic rings. The van der Waals surface area contributed by atoms with Gasteiger partial charge in [-0.3, -0.25) is 0 Å². The van der Waals surface area contributed by atoms with Crippen molar-refractivity contribution < 1.29 is 4.74 Å². The second-order valence-electron chi connectivity index (χ2n) is 5.19. The van der Waals surface area contributed by atoms with Gasteiger partial charge in [0.1, 0.15) is 5.75 Å². The molecule has 1 aromatic carbocycles. The monoisotopic (exact) mass is 250 g/mol. The molecule has 0 heterocycles. The smallest absolute Gasteiger partial charge is 0.123 e. The third-order valence-corrected chi connectivity index (χ3v) is 3.46. The molecule has 0 saturated carbocycles. The predicted octanol–water partition coefficient (Wildman–Crippen LogP) is 2.60. The van der Waals surface area contributed by atoms with E-state index in [1.807, 2.05) is 0 Å². The Kier molecular flexibility index (Phi) is 5.63. The number of methoxy groups -OCH3 is 1. The minimum Gasteiger partial charge on any atom is -0.496 e. The molecular weight excluding hydrogens is 224 g/mol. The Bertz CT molecular complexity index is 377. The lowest BCUT2D eigenvalue weighted by molar-refractivity contribution is 0.294. The van der Waals surface area contributed by atoms with Crippen molar-refractivity contribution in [3.8, 4) is 5.75 Å². The highest BCUT2D eigenvalue weighted by Crippen LogP contribution is 2.25. The van der Waals surface area contributed by atoms with E-state index < -0.39 is 0 Å². The van der Waals surface area contributed by atoms with Crippen LogP contribution in [-0.2, 0) is 0 Å². The number of aryl methyl sites for hydroxylation is 1. The Labute approximate surface area is 111 Å². The largest absolute Gasteiger partial charge is 0.496 e. The number of hydrogen-bond acceptors (Lipinski definition) is 3. The van der Waals surface area contributed by atoms with E-state index in [4.69, 9.17) is 4.74 Å². The molecule has 0 aliphatic rings. The number of rotatable bonds is 6. The summed E-state index contributed by atoms with van der Waals surface area (Å²) in [4.78, 5) is 2.21. The van der Waals surface area contributed by atoms with Gasteiger partial charge in [0.2, 0.25) is 0 Å². The molecule has 0 saturated heterocycles. The summed E-state index contributed by atoms with van der Waals surface area (Å²) >= 11 is 0. The quantitative estimate of drug-likeness (QED) is 0.840. The van der Waals surface area contributed by atoms with E-state index in [1.54, 1.807) is 7.11 Å². The van der Waals surface area contributed by atoms with Crippen LogP contribution in [-0.4, -0.2) is 38.7 Å². The first kappa shape index (κ1) is 15.0. The average molecular weight is 250 g/mol. The fourth-order valence-electron chi connectivity index (χ4n) is 1.82. The molecule has 1 rings (SSSR count). The number of ether oxygens (including phenoxy) is 1. The molecule has 0 amide bonds. The highest BCUT2D eigenvalue weighted by atomic mass is 16.5. The Morgan fingerprint density at radius 2 is 1.94 bits per heavy atom. The second-order valence-corrected chi connectivity index (χ2v) is 5.19. The molecule has 0 bridgehead atoms. The summed E-state index contributed by atoms with van der Waals surface area (Å²) in [5.74, 6) is 0.965. The Balaban J connectivity index is 2.69. The van der Waals surface area contributed by atoms with E-state index in [0.717, 1.165) is 12.3 Å². The molecule has 2 atom stereocenters. The summed E-state index contributed by atoms with van der Waals surface area (Å²) in [5, 5.41) is 3.55. The fourth-order valence-corrected chi connectivity index (χ4v) is 1.82. The zero-order valence-electron chi connectivity index (χ0n) is 12.4. The van der Waals surface area contributed by atoms with Crippen molar-refractivity contribution in [1.29, 1.82) is 0 Å². The van der Waals surface area contributed by atoms with Gasteiger partial charge in [-0.25, -0.2) is 0 Å². The molecule has 0 fully saturated rings. The lowest BCUT2D eigenvalue weighted by Gasteiger charge is -2.24. The van der Waals surface area contributed by atoms with Gasteiger partial charge < -0.3 is 15.0 Å². The molecule has 0 spiro atoms. The van der Waals surface area contributed by atoms with E-state index in [0.29, 0.717) is 12.1 Å². The number of nitrogens with one attached hydrogen (secondary N) is 1. The third kappa shape index (κ3) is 4.00. The number of hydrogen-bond donors (Lipinski definition) is 1. The minimum atomic E-state index is 0.294. The summed E-state index contributed by atoms with van der Waals surface area (Å²) in [6, 6.07) is 7.17. The number of nitrogens with zero attached hydrogens (tertiary/aromatic N) is 1. The van der Waals surface area contributed by atoms with Gasteiger partial charge in [-0.05, 0) is 46.5 Å². The summed E-state index contributed by atoms with van der Waals surface area (Å²) in [7, 11) is 5.93. The van der Waals surface area contributed by atoms with E-state index in [9.17, 15) is 0 Å². The third-order valence-electron chi connectivity index (χ3n) is 3.46. The van der Waals surface area contributed by atoms with Crippen molar-refractivity contribution in [3.05, 3.63) is 29.3 Å². The highest BCUT2D eigenvalue weighted by Gasteiger charge is 2.12. The van der Waals surface area contributed by atoms with Gasteiger partial charge in [0.15, 0.2) is 0 Å². The first-order valence-corrected chi connectivity index (χ1v) is 6.50. The van der Waals surface area contributed by atoms with Crippen LogP contribution in [0.25, 0.3) is 0 Å². The lowest BCUT2D eigenvalue weighted by atomic mass is 10.0. The van der Waals surface area contributed by atoms with Gasteiger partial charge in [-0.1, -0.05) is 12.1 Å². The Hall–Kier alpha value is -1.06. The molecule has 3 nitrogen and oxygen atoms in total. The summed E-state index contributed by atoms with van der Waals surface area (Å²) in [6.07, 6.45) is 0. The molecule has 0 radical (unpaired) electrons. The minimum absolute atomic E-state index is 0.294. The summed E-state index contributed by atoms with van der Waals surface area (Å²) in [5.41, 5.74) is 2.44. The van der Waals surface area contributed by atoms with Gasteiger partial charge >= 0.3 is 0 Å². The van der Waals surface area contributed by atoms with Gasteiger partial charge in [-0.2, -0.15) is 0 Å². The predicted molar refractivity (Wildman–Crippen MR) is 77.3 cm³/mol. The van der Waals surface area contributed by atoms with Crippen LogP contribution >= 0.6 is 0 Å². The van der Waals surface area contributed by atoms with Crippen LogP contribution in [0.5, 0.6) is 5.75 Å². The molecule has 102 valence electrons. The SMILES string of the molecule is COc1cc(C)ccc1C(C)NCC(C)N(C)C. The molecule has 3 heteroatoms. The van der Waals surface area contributed by atoms with Crippen molar-refractivity contribution in [3.63, 3.8) is 0 Å². The van der Waals surface area contributed by atoms with Crippen LogP contribution in [0.2, 0.25) is 0 Å². The van der Waals surface area contributed by atoms with Gasteiger partial charge in [0.25, 0.3) is 0 Å². The van der Waals surface area contributed by atoms with Crippen LogP contribution in [0.15, 0.2) is 18.2 Å². The van der Waals surface area contributed by atoms with Crippen LogP contribution in [0.3, 0.4) is 0 Å². The molecular formula is C15H26N2O. The van der Waals surface area contributed by atoms with E-state index in [-0.39, 0.29) is 0 Å². The van der Waals surface area contributed by atoms with Gasteiger partial charge in [-0.15, -0.1) is 0 Å². The normalized spacial score (nSPS) is 14.6. The number of benzene rings is 1. The molecule has 0 aliphatic heterocycles. The van der Waals surface area contributed by atoms with E-state index >= 15 is 0 Å². The fraction of sp³-hybridized carbons (Fsp3) is 0.600. The molecule has 0 aromatic heterocycles. The maximum Gasteiger partial charge on any atom is 0.123 e. The van der Waals surface area contributed by atoms with Crippen molar-refractivity contribution in [2.24, 2.45) is 0 Å². The van der Waals surface area contributed by atoms with Crippen LogP contribution in [0.4, 0.5) is 0 Å².